The van der Waals surface area contributed by atoms with Gasteiger partial charge in [-0.05, 0) is 12.5 Å². The van der Waals surface area contributed by atoms with Gasteiger partial charge < -0.3 is 5.73 Å². The molecule has 1 atom stereocenters. The predicted octanol–water partition coefficient (Wildman–Crippen LogP) is 1.40. The summed E-state index contributed by atoms with van der Waals surface area (Å²) < 4.78 is 0. The second kappa shape index (κ2) is 2.33. The lowest BCUT2D eigenvalue weighted by molar-refractivity contribution is 0.824. The van der Waals surface area contributed by atoms with Gasteiger partial charge in [0.1, 0.15) is 0 Å². The molecule has 0 saturated heterocycles. The van der Waals surface area contributed by atoms with Crippen LogP contribution < -0.4 is 5.73 Å². The minimum atomic E-state index is 0.178. The van der Waals surface area contributed by atoms with Gasteiger partial charge in [0.25, 0.3) is 0 Å². The van der Waals surface area contributed by atoms with E-state index in [2.05, 4.69) is 0 Å². The molecule has 2 heteroatoms. The molecule has 0 saturated carbocycles. The molecule has 44 valence electrons. The van der Waals surface area contributed by atoms with E-state index in [0.29, 0.717) is 0 Å². The van der Waals surface area contributed by atoms with Crippen LogP contribution >= 0.6 is 11.6 Å². The molecule has 8 heavy (non-hydrogen) atoms. The van der Waals surface area contributed by atoms with Crippen molar-refractivity contribution in [2.45, 2.75) is 12.5 Å². The fourth-order valence-corrected chi connectivity index (χ4v) is 0.773. The molecule has 0 fully saturated rings. The minimum Gasteiger partial charge on any atom is -0.324 e. The van der Waals surface area contributed by atoms with E-state index in [-0.39, 0.29) is 6.04 Å². The van der Waals surface area contributed by atoms with Crippen LogP contribution in [-0.2, 0) is 0 Å². The van der Waals surface area contributed by atoms with Crippen LogP contribution in [0.5, 0.6) is 0 Å². The van der Waals surface area contributed by atoms with Gasteiger partial charge in [-0.3, -0.25) is 0 Å². The molecule has 1 aliphatic carbocycles. The van der Waals surface area contributed by atoms with Crippen LogP contribution in [0.1, 0.15) is 6.42 Å². The van der Waals surface area contributed by atoms with Gasteiger partial charge >= 0.3 is 0 Å². The Morgan fingerprint density at radius 2 is 2.50 bits per heavy atom. The maximum atomic E-state index is 5.60. The van der Waals surface area contributed by atoms with Gasteiger partial charge in [-0.25, -0.2) is 0 Å². The number of hydrogen-bond donors (Lipinski definition) is 1. The van der Waals surface area contributed by atoms with E-state index < -0.39 is 0 Å². The molecule has 1 aliphatic rings. The molecule has 0 radical (unpaired) electrons. The third-order valence-corrected chi connectivity index (χ3v) is 1.37. The maximum absolute atomic E-state index is 5.60. The van der Waals surface area contributed by atoms with Crippen molar-refractivity contribution in [3.05, 3.63) is 23.3 Å². The molecule has 1 nitrogen and oxygen atoms in total. The van der Waals surface area contributed by atoms with E-state index in [0.717, 1.165) is 11.5 Å². The van der Waals surface area contributed by atoms with Crippen LogP contribution in [0, 0.1) is 0 Å². The van der Waals surface area contributed by atoms with Gasteiger partial charge in [-0.2, -0.15) is 0 Å². The molecule has 1 rings (SSSR count). The zero-order valence-electron chi connectivity index (χ0n) is 4.47. The summed E-state index contributed by atoms with van der Waals surface area (Å²) in [4.78, 5) is 0. The summed E-state index contributed by atoms with van der Waals surface area (Å²) in [6.07, 6.45) is 6.53. The summed E-state index contributed by atoms with van der Waals surface area (Å²) >= 11 is 5.60. The van der Waals surface area contributed by atoms with Gasteiger partial charge in [-0.15, -0.1) is 0 Å². The van der Waals surface area contributed by atoms with Gasteiger partial charge in [0.05, 0.1) is 0 Å². The SMILES string of the molecule is NC1C=CC(Cl)=CC1. The summed E-state index contributed by atoms with van der Waals surface area (Å²) in [7, 11) is 0. The highest BCUT2D eigenvalue weighted by molar-refractivity contribution is 6.31. The molecule has 0 spiro atoms. The monoisotopic (exact) mass is 129 g/mol. The van der Waals surface area contributed by atoms with E-state index in [1.54, 1.807) is 0 Å². The van der Waals surface area contributed by atoms with Crippen molar-refractivity contribution < 1.29 is 0 Å². The number of hydrogen-bond acceptors (Lipinski definition) is 1. The summed E-state index contributed by atoms with van der Waals surface area (Å²) in [5.74, 6) is 0. The molecule has 0 aromatic heterocycles. The smallest absolute Gasteiger partial charge is 0.0364 e. The maximum Gasteiger partial charge on any atom is 0.0364 e. The van der Waals surface area contributed by atoms with Crippen molar-refractivity contribution in [3.63, 3.8) is 0 Å². The first-order valence-corrected chi connectivity index (χ1v) is 2.96. The Morgan fingerprint density at radius 1 is 1.75 bits per heavy atom. The van der Waals surface area contributed by atoms with E-state index in [4.69, 9.17) is 17.3 Å². The molecule has 0 heterocycles. The predicted molar refractivity (Wildman–Crippen MR) is 35.7 cm³/mol. The standard InChI is InChI=1S/C6H8ClN/c7-5-1-3-6(8)4-2-5/h1-3,6H,4,8H2. The summed E-state index contributed by atoms with van der Waals surface area (Å²) in [6, 6.07) is 0.178. The Bertz CT molecular complexity index is 137. The van der Waals surface area contributed by atoms with Gasteiger partial charge in [-0.1, -0.05) is 23.8 Å². The normalized spacial score (nSPS) is 27.8. The Kier molecular flexibility index (Phi) is 1.71. The summed E-state index contributed by atoms with van der Waals surface area (Å²) in [5.41, 5.74) is 5.51. The largest absolute Gasteiger partial charge is 0.324 e. The van der Waals surface area contributed by atoms with Crippen molar-refractivity contribution in [2.75, 3.05) is 0 Å². The average Bonchev–Trinajstić information content (AvgIpc) is 1.77. The zero-order valence-corrected chi connectivity index (χ0v) is 5.23. The van der Waals surface area contributed by atoms with E-state index in [1.165, 1.54) is 0 Å². The highest BCUT2D eigenvalue weighted by Gasteiger charge is 1.99. The summed E-state index contributed by atoms with van der Waals surface area (Å²) in [5, 5.41) is 0.798. The van der Waals surface area contributed by atoms with Gasteiger partial charge in [0.2, 0.25) is 0 Å². The van der Waals surface area contributed by atoms with E-state index in [9.17, 15) is 0 Å². The number of rotatable bonds is 0. The van der Waals surface area contributed by atoms with Crippen LogP contribution in [0.2, 0.25) is 0 Å². The van der Waals surface area contributed by atoms with Crippen LogP contribution in [0.3, 0.4) is 0 Å². The second-order valence-corrected chi connectivity index (χ2v) is 2.28. The fourth-order valence-electron chi connectivity index (χ4n) is 0.611. The molecular formula is C6H8ClN. The van der Waals surface area contributed by atoms with Gasteiger partial charge in [0, 0.05) is 11.1 Å². The van der Waals surface area contributed by atoms with Crippen LogP contribution in [-0.4, -0.2) is 6.04 Å². The van der Waals surface area contributed by atoms with E-state index in [1.807, 2.05) is 18.2 Å². The third-order valence-electron chi connectivity index (χ3n) is 1.09. The van der Waals surface area contributed by atoms with Crippen LogP contribution in [0.15, 0.2) is 23.3 Å². The third kappa shape index (κ3) is 1.35. The molecule has 0 amide bonds. The minimum absolute atomic E-state index is 0.178. The molecule has 0 aromatic rings. The average molecular weight is 130 g/mol. The van der Waals surface area contributed by atoms with Crippen molar-refractivity contribution in [2.24, 2.45) is 5.73 Å². The lowest BCUT2D eigenvalue weighted by atomic mass is 10.1. The van der Waals surface area contributed by atoms with Crippen molar-refractivity contribution in [1.82, 2.24) is 0 Å². The highest BCUT2D eigenvalue weighted by atomic mass is 35.5. The van der Waals surface area contributed by atoms with Crippen molar-refractivity contribution >= 4 is 11.6 Å². The van der Waals surface area contributed by atoms with Gasteiger partial charge in [0.15, 0.2) is 0 Å². The topological polar surface area (TPSA) is 26.0 Å². The zero-order chi connectivity index (χ0) is 5.98. The molecular weight excluding hydrogens is 122 g/mol. The number of allylic oxidation sites excluding steroid dienone is 2. The van der Waals surface area contributed by atoms with Crippen LogP contribution in [0.4, 0.5) is 0 Å². The number of nitrogens with two attached hydrogens (primary N) is 1. The Labute approximate surface area is 53.8 Å². The quantitative estimate of drug-likeness (QED) is 0.526. The van der Waals surface area contributed by atoms with Crippen molar-refractivity contribution in [1.29, 1.82) is 0 Å². The second-order valence-electron chi connectivity index (χ2n) is 1.85. The Hall–Kier alpha value is -0.270. The van der Waals surface area contributed by atoms with Crippen molar-refractivity contribution in [3.8, 4) is 0 Å². The lowest BCUT2D eigenvalue weighted by Gasteiger charge is -2.05. The molecule has 2 N–H and O–H groups in total. The summed E-state index contributed by atoms with van der Waals surface area (Å²) in [6.45, 7) is 0. The molecule has 0 aliphatic heterocycles. The first kappa shape index (κ1) is 5.86. The highest BCUT2D eigenvalue weighted by Crippen LogP contribution is 2.11. The first-order valence-electron chi connectivity index (χ1n) is 2.58. The molecule has 0 aromatic carbocycles. The Balaban J connectivity index is 2.58. The molecule has 1 unspecified atom stereocenters. The number of halogens is 1. The lowest BCUT2D eigenvalue weighted by Crippen LogP contribution is -2.16. The first-order chi connectivity index (χ1) is 3.79. The van der Waals surface area contributed by atoms with Crippen LogP contribution in [0.25, 0.3) is 0 Å². The fraction of sp³-hybridized carbons (Fsp3) is 0.333. The van der Waals surface area contributed by atoms with E-state index >= 15 is 0 Å². The Morgan fingerprint density at radius 3 is 2.88 bits per heavy atom. The molecule has 0 bridgehead atoms.